The van der Waals surface area contributed by atoms with E-state index in [1.54, 1.807) is 72.5 Å². The summed E-state index contributed by atoms with van der Waals surface area (Å²) in [5.41, 5.74) is 6.77. The number of rotatable bonds is 52. The Balaban J connectivity index is 0.963. The highest BCUT2D eigenvalue weighted by molar-refractivity contribution is 6.16. The predicted molar refractivity (Wildman–Crippen MR) is 465 cm³/mol. The number of ketones is 2. The number of methoxy groups -OCH3 is 2. The lowest BCUT2D eigenvalue weighted by Gasteiger charge is -2.41. The van der Waals surface area contributed by atoms with Crippen molar-refractivity contribution in [2.24, 2.45) is 47.2 Å². The molecule has 5 aliphatic heterocycles. The number of nitrogens with zero attached hydrogens (tertiary/aromatic N) is 7. The van der Waals surface area contributed by atoms with E-state index < -0.39 is 236 Å². The fourth-order valence-electron chi connectivity index (χ4n) is 16.8. The van der Waals surface area contributed by atoms with Crippen LogP contribution in [0.5, 0.6) is 0 Å². The largest absolute Gasteiger partial charge is 0.445 e. The number of carbonyl (C=O) groups is 19. The third kappa shape index (κ3) is 28.5. The van der Waals surface area contributed by atoms with Crippen LogP contribution in [0.2, 0.25) is 0 Å². The van der Waals surface area contributed by atoms with E-state index in [1.165, 1.54) is 38.3 Å². The average molecular weight is 1780 g/mol. The summed E-state index contributed by atoms with van der Waals surface area (Å²) in [5.74, 6) is -14.4. The number of imide groups is 4. The maximum atomic E-state index is 15.0. The lowest BCUT2D eigenvalue weighted by molar-refractivity contribution is -0.148. The zero-order chi connectivity index (χ0) is 94.7. The van der Waals surface area contributed by atoms with Crippen LogP contribution in [0.1, 0.15) is 176 Å². The van der Waals surface area contributed by atoms with Gasteiger partial charge in [-0.25, -0.2) is 9.59 Å². The minimum Gasteiger partial charge on any atom is -0.445 e. The Kier molecular flexibility index (Phi) is 39.3. The van der Waals surface area contributed by atoms with Crippen LogP contribution in [0.4, 0.5) is 15.3 Å². The van der Waals surface area contributed by atoms with Gasteiger partial charge in [-0.3, -0.25) is 106 Å². The number of likely N-dealkylation sites (N-methyl/N-ethyl adjacent to an activating group) is 2. The van der Waals surface area contributed by atoms with E-state index in [9.17, 15) is 96.2 Å². The van der Waals surface area contributed by atoms with E-state index in [4.69, 9.17) is 19.9 Å². The van der Waals surface area contributed by atoms with Gasteiger partial charge in [-0.15, -0.1) is 0 Å². The number of aliphatic hydroxyl groups is 1. The first kappa shape index (κ1) is 103. The highest BCUT2D eigenvalue weighted by atomic mass is 16.6. The van der Waals surface area contributed by atoms with Gasteiger partial charge in [0.2, 0.25) is 41.4 Å². The summed E-state index contributed by atoms with van der Waals surface area (Å²) in [6, 6.07) is 6.55. The fraction of sp³-hybridized carbons (Fsp3) is 0.571. The van der Waals surface area contributed by atoms with Crippen molar-refractivity contribution in [3.63, 3.8) is 0 Å². The molecule has 18 amide bonds. The topological polar surface area (TPSA) is 493 Å². The Bertz CT molecular complexity index is 4440. The average Bonchev–Trinajstić information content (AvgIpc) is 1.61. The molecule has 37 heteroatoms. The van der Waals surface area contributed by atoms with Gasteiger partial charge in [0, 0.05) is 152 Å². The van der Waals surface area contributed by atoms with Gasteiger partial charge in [0.25, 0.3) is 47.3 Å². The van der Waals surface area contributed by atoms with Crippen LogP contribution in [-0.4, -0.2) is 273 Å². The molecule has 15 atom stereocenters. The molecule has 37 nitrogen and oxygen atoms in total. The van der Waals surface area contributed by atoms with E-state index in [1.807, 2.05) is 51.1 Å². The molecular weight excluding hydrogens is 1660 g/mol. The second-order valence-corrected chi connectivity index (χ2v) is 34.4. The van der Waals surface area contributed by atoms with Crippen LogP contribution < -0.4 is 37.6 Å². The number of hydrogen-bond acceptors (Lipinski definition) is 23. The fourth-order valence-corrected chi connectivity index (χ4v) is 16.8. The van der Waals surface area contributed by atoms with E-state index in [0.29, 0.717) is 36.9 Å². The van der Waals surface area contributed by atoms with Crippen LogP contribution >= 0.6 is 0 Å². The molecule has 128 heavy (non-hydrogen) atoms. The molecule has 5 aliphatic rings. The molecule has 0 radical (unpaired) electrons. The zero-order valence-electron chi connectivity index (χ0n) is 75.5. The molecule has 0 bridgehead atoms. The minimum atomic E-state index is -1.21. The number of urea groups is 1. The number of benzene rings is 2. The number of Topliss-reactive ketones (excluding diaryl/α,β-unsaturated/α-hetero) is 2. The van der Waals surface area contributed by atoms with Crippen LogP contribution in [-0.2, 0) is 102 Å². The molecule has 1 saturated heterocycles. The van der Waals surface area contributed by atoms with Crippen molar-refractivity contribution in [3.8, 4) is 0 Å². The molecule has 5 heterocycles. The van der Waals surface area contributed by atoms with Gasteiger partial charge in [0.15, 0.2) is 5.78 Å². The Hall–Kier alpha value is -12.0. The molecule has 1 fully saturated rings. The molecule has 0 saturated carbocycles. The molecule has 3 unspecified atom stereocenters. The highest BCUT2D eigenvalue weighted by Gasteiger charge is 2.46. The molecule has 7 rings (SSSR count). The van der Waals surface area contributed by atoms with Crippen LogP contribution in [0.3, 0.4) is 0 Å². The Morgan fingerprint density at radius 2 is 1.08 bits per heavy atom. The SMILES string of the molecule is CC[C@H](C)[C@@H]([C@@H](CC(=O)N1CCC[C@H]1[C@H](OC)[C@@H](C)C(=O)C[C@H](C)[C@@H](O)c1ccccc1)OC)N(C)C(=O)[C@@H](NC(=O)[C@H](C(C)C)N(C)C(=O)OCc1ccc(NC(=O)[C@H](CCCNC(N)=O)CC(=O)[C@@H](NC(=O)CCC(CNC(=O)CCC(CN2C(=O)C=CC2=O)N2C(=O)C=CC2=O)NC(=O)CCC(CN2C(=O)C=CC2=O)N2C(=O)C=CC2=O)C(C)C)cc1)C(C)C. The smallest absolute Gasteiger partial charge is 0.410 e. The van der Waals surface area contributed by atoms with Crippen molar-refractivity contribution in [3.05, 3.63) is 114 Å². The van der Waals surface area contributed by atoms with Gasteiger partial charge in [-0.2, -0.15) is 0 Å². The number of amides is 18. The summed E-state index contributed by atoms with van der Waals surface area (Å²) in [4.78, 5) is 264. The molecule has 0 aromatic heterocycles. The van der Waals surface area contributed by atoms with Crippen LogP contribution in [0, 0.1) is 41.4 Å². The molecule has 2 aromatic carbocycles. The predicted octanol–water partition coefficient (Wildman–Crippen LogP) is 4.15. The Labute approximate surface area is 746 Å². The number of likely N-dealkylation sites (tertiary alicyclic amines) is 1. The third-order valence-corrected chi connectivity index (χ3v) is 24.2. The monoisotopic (exact) mass is 1780 g/mol. The normalized spacial score (nSPS) is 18.3. The first-order chi connectivity index (χ1) is 60.6. The quantitative estimate of drug-likeness (QED) is 0.0340. The highest BCUT2D eigenvalue weighted by Crippen LogP contribution is 2.34. The molecule has 0 spiro atoms. The minimum absolute atomic E-state index is 0.0291. The van der Waals surface area contributed by atoms with Gasteiger partial charge >= 0.3 is 12.1 Å². The van der Waals surface area contributed by atoms with Crippen LogP contribution in [0.15, 0.2) is 103 Å². The maximum absolute atomic E-state index is 15.0. The molecule has 0 aliphatic carbocycles. The molecule has 9 N–H and O–H groups in total. The second kappa shape index (κ2) is 48.8. The summed E-state index contributed by atoms with van der Waals surface area (Å²) < 4.78 is 17.9. The standard InChI is InChI=1S/C91H126N14O23/c1-15-55(8)84(68(126-13)47-80(119)101-44-20-24-65(101)86(127-14)57(10)66(106)45-56(9)85(120)59-21-17-16-18-22-59)99(11)89(123)82(53(4)5)98-88(122)83(54(6)7)100(12)91(125)128-51-58-25-27-61(28-26-58)96-87(121)60(23-19-43-93-90(92)124)46-67(107)81(52(2)3)97-71(110)32-29-62(95-70(109)34-31-64(105-78(117)41-42-79(105)118)50-103-74(113)37-38-75(103)114)48-94-69(108)33-30-63(104-76(115)39-40-77(104)116)49-102-72(111)35-36-73(102)112/h16-18,21-22,25-28,35-42,52-57,60,62-65,68,81-86,120H,15,19-20,23-24,29-34,43-51H2,1-14H3,(H,94,108)(H,95,109)(H,96,121)(H,97,110)(H,98,122)(H3,92,93,124)/t55-,56-,57-,60+,62?,63?,64?,65-,68+,81-,82-,83-,84-,85+,86+/m0/s1. The Morgan fingerprint density at radius 3 is 1.59 bits per heavy atom. The third-order valence-electron chi connectivity index (χ3n) is 24.2. The Morgan fingerprint density at radius 1 is 0.555 bits per heavy atom. The maximum Gasteiger partial charge on any atom is 0.410 e. The molecule has 2 aromatic rings. The number of hydrogen-bond donors (Lipinski definition) is 8. The van der Waals surface area contributed by atoms with Crippen molar-refractivity contribution in [1.29, 1.82) is 0 Å². The van der Waals surface area contributed by atoms with Crippen molar-refractivity contribution < 1.29 is 110 Å². The number of aliphatic hydroxyl groups excluding tert-OH is 1. The van der Waals surface area contributed by atoms with E-state index in [0.717, 1.165) is 73.1 Å². The summed E-state index contributed by atoms with van der Waals surface area (Å²) in [7, 11) is 6.02. The molecular formula is C91H126N14O23. The number of ether oxygens (including phenoxy) is 3. The first-order valence-electron chi connectivity index (χ1n) is 43.7. The van der Waals surface area contributed by atoms with Crippen molar-refractivity contribution >= 4 is 118 Å². The van der Waals surface area contributed by atoms with Gasteiger partial charge < -0.3 is 66.8 Å². The first-order valence-corrected chi connectivity index (χ1v) is 43.7. The summed E-state index contributed by atoms with van der Waals surface area (Å²) in [6.45, 7) is 16.8. The van der Waals surface area contributed by atoms with Gasteiger partial charge in [0.05, 0.1) is 68.0 Å². The van der Waals surface area contributed by atoms with Crippen molar-refractivity contribution in [2.45, 2.75) is 232 Å². The summed E-state index contributed by atoms with van der Waals surface area (Å²) in [6.07, 6.45) is 4.52. The van der Waals surface area contributed by atoms with Crippen LogP contribution in [0.25, 0.3) is 0 Å². The lowest BCUT2D eigenvalue weighted by Crippen LogP contribution is -2.60. The van der Waals surface area contributed by atoms with Gasteiger partial charge in [-0.05, 0) is 97.8 Å². The van der Waals surface area contributed by atoms with Crippen molar-refractivity contribution in [1.82, 2.24) is 60.9 Å². The van der Waals surface area contributed by atoms with E-state index in [-0.39, 0.29) is 93.9 Å². The summed E-state index contributed by atoms with van der Waals surface area (Å²) >= 11 is 0. The zero-order valence-corrected chi connectivity index (χ0v) is 75.5. The van der Waals surface area contributed by atoms with E-state index in [2.05, 4.69) is 31.9 Å². The van der Waals surface area contributed by atoms with E-state index >= 15 is 0 Å². The second-order valence-electron chi connectivity index (χ2n) is 34.4. The van der Waals surface area contributed by atoms with Crippen molar-refractivity contribution in [2.75, 3.05) is 66.4 Å². The van der Waals surface area contributed by atoms with Gasteiger partial charge in [-0.1, -0.05) is 118 Å². The number of nitrogens with two attached hydrogens (primary N) is 1. The van der Waals surface area contributed by atoms with Gasteiger partial charge in [0.1, 0.15) is 24.5 Å². The number of anilines is 1. The lowest BCUT2D eigenvalue weighted by atomic mass is 9.85. The number of primary amides is 1. The molecule has 698 valence electrons. The number of nitrogens with one attached hydrogen (secondary N) is 6. The number of carbonyl (C=O) groups excluding carboxylic acids is 19. The summed E-state index contributed by atoms with van der Waals surface area (Å²) in [5, 5.41) is 27.4.